The normalized spacial score (nSPS) is 25.8. The van der Waals surface area contributed by atoms with Gasteiger partial charge in [0, 0.05) is 12.1 Å². The SMILES string of the molecule is CCC(C)(C)NC(=O)C(C)N1CCC(C)(CN)C1.Cl. The van der Waals surface area contributed by atoms with E-state index < -0.39 is 0 Å². The van der Waals surface area contributed by atoms with Gasteiger partial charge in [-0.2, -0.15) is 0 Å². The van der Waals surface area contributed by atoms with Crippen molar-refractivity contribution in [3.8, 4) is 0 Å². The molecular formula is C14H30ClN3O. The molecular weight excluding hydrogens is 262 g/mol. The molecule has 1 aliphatic heterocycles. The average Bonchev–Trinajstić information content (AvgIpc) is 2.71. The maximum atomic E-state index is 12.2. The van der Waals surface area contributed by atoms with Crippen molar-refractivity contribution in [1.82, 2.24) is 10.2 Å². The highest BCUT2D eigenvalue weighted by Crippen LogP contribution is 2.29. The molecule has 3 N–H and O–H groups in total. The smallest absolute Gasteiger partial charge is 0.237 e. The van der Waals surface area contributed by atoms with Crippen molar-refractivity contribution in [3.63, 3.8) is 0 Å². The largest absolute Gasteiger partial charge is 0.350 e. The minimum absolute atomic E-state index is 0. The Morgan fingerprint density at radius 1 is 1.53 bits per heavy atom. The van der Waals surface area contributed by atoms with Gasteiger partial charge < -0.3 is 11.1 Å². The van der Waals surface area contributed by atoms with Gasteiger partial charge in [0.1, 0.15) is 0 Å². The number of rotatable bonds is 5. The van der Waals surface area contributed by atoms with E-state index in [1.54, 1.807) is 0 Å². The standard InChI is InChI=1S/C14H29N3O.ClH/c1-6-13(3,4)16-12(18)11(2)17-8-7-14(5,9-15)10-17;/h11H,6-10,15H2,1-5H3,(H,16,18);1H. The topological polar surface area (TPSA) is 58.4 Å². The first kappa shape index (κ1) is 18.7. The fourth-order valence-electron chi connectivity index (χ4n) is 2.25. The Kier molecular flexibility index (Phi) is 6.79. The monoisotopic (exact) mass is 291 g/mol. The predicted octanol–water partition coefficient (Wildman–Crippen LogP) is 1.77. The van der Waals surface area contributed by atoms with Crippen LogP contribution >= 0.6 is 12.4 Å². The number of amides is 1. The summed E-state index contributed by atoms with van der Waals surface area (Å²) in [5.41, 5.74) is 5.86. The van der Waals surface area contributed by atoms with Crippen LogP contribution in [0.2, 0.25) is 0 Å². The first-order chi connectivity index (χ1) is 8.23. The van der Waals surface area contributed by atoms with E-state index in [9.17, 15) is 4.79 Å². The molecule has 0 aliphatic carbocycles. The molecule has 0 bridgehead atoms. The number of carbonyl (C=O) groups excluding carboxylic acids is 1. The van der Waals surface area contributed by atoms with Gasteiger partial charge in [-0.05, 0) is 52.1 Å². The summed E-state index contributed by atoms with van der Waals surface area (Å²) in [6.07, 6.45) is 2.02. The van der Waals surface area contributed by atoms with Crippen LogP contribution in [-0.4, -0.2) is 42.0 Å². The van der Waals surface area contributed by atoms with Gasteiger partial charge in [0.05, 0.1) is 6.04 Å². The summed E-state index contributed by atoms with van der Waals surface area (Å²) >= 11 is 0. The van der Waals surface area contributed by atoms with Crippen LogP contribution in [0.1, 0.15) is 47.5 Å². The second kappa shape index (κ2) is 6.91. The van der Waals surface area contributed by atoms with E-state index in [0.717, 1.165) is 25.9 Å². The molecule has 1 heterocycles. The quantitative estimate of drug-likeness (QED) is 0.812. The first-order valence-corrected chi connectivity index (χ1v) is 6.99. The summed E-state index contributed by atoms with van der Waals surface area (Å²) in [5.74, 6) is 0.128. The fraction of sp³-hybridized carbons (Fsp3) is 0.929. The van der Waals surface area contributed by atoms with Gasteiger partial charge in [0.2, 0.25) is 5.91 Å². The maximum Gasteiger partial charge on any atom is 0.237 e. The summed E-state index contributed by atoms with van der Waals surface area (Å²) in [5, 5.41) is 3.12. The molecule has 0 saturated carbocycles. The van der Waals surface area contributed by atoms with Gasteiger partial charge >= 0.3 is 0 Å². The lowest BCUT2D eigenvalue weighted by molar-refractivity contribution is -0.127. The zero-order valence-corrected chi connectivity index (χ0v) is 13.8. The second-order valence-electron chi connectivity index (χ2n) is 6.64. The van der Waals surface area contributed by atoms with Crippen molar-refractivity contribution >= 4 is 18.3 Å². The number of likely N-dealkylation sites (tertiary alicyclic amines) is 1. The number of nitrogens with two attached hydrogens (primary N) is 1. The van der Waals surface area contributed by atoms with Crippen molar-refractivity contribution in [2.45, 2.75) is 59.0 Å². The van der Waals surface area contributed by atoms with E-state index in [2.05, 4.69) is 37.9 Å². The van der Waals surface area contributed by atoms with Crippen molar-refractivity contribution in [2.24, 2.45) is 11.1 Å². The third kappa shape index (κ3) is 4.93. The molecule has 1 aliphatic rings. The predicted molar refractivity (Wildman–Crippen MR) is 82.6 cm³/mol. The molecule has 0 aromatic rings. The van der Waals surface area contributed by atoms with Crippen molar-refractivity contribution in [1.29, 1.82) is 0 Å². The summed E-state index contributed by atoms with van der Waals surface area (Å²) in [6.45, 7) is 13.0. The van der Waals surface area contributed by atoms with Gasteiger partial charge in [-0.15, -0.1) is 12.4 Å². The summed E-state index contributed by atoms with van der Waals surface area (Å²) < 4.78 is 0. The Bertz CT molecular complexity index is 309. The van der Waals surface area contributed by atoms with E-state index in [0.29, 0.717) is 6.54 Å². The molecule has 2 atom stereocenters. The third-order valence-electron chi connectivity index (χ3n) is 4.35. The highest BCUT2D eigenvalue weighted by Gasteiger charge is 2.37. The molecule has 1 rings (SSSR count). The van der Waals surface area contributed by atoms with Crippen LogP contribution < -0.4 is 11.1 Å². The van der Waals surface area contributed by atoms with Crippen molar-refractivity contribution in [3.05, 3.63) is 0 Å². The summed E-state index contributed by atoms with van der Waals surface area (Å²) in [6, 6.07) is -0.0656. The number of hydrogen-bond donors (Lipinski definition) is 2. The Hall–Kier alpha value is -0.320. The van der Waals surface area contributed by atoms with Crippen LogP contribution in [0.15, 0.2) is 0 Å². The fourth-order valence-corrected chi connectivity index (χ4v) is 2.25. The molecule has 19 heavy (non-hydrogen) atoms. The third-order valence-corrected chi connectivity index (χ3v) is 4.35. The molecule has 1 fully saturated rings. The zero-order valence-electron chi connectivity index (χ0n) is 13.0. The first-order valence-electron chi connectivity index (χ1n) is 6.99. The minimum Gasteiger partial charge on any atom is -0.350 e. The second-order valence-corrected chi connectivity index (χ2v) is 6.64. The van der Waals surface area contributed by atoms with Crippen LogP contribution in [-0.2, 0) is 4.79 Å². The average molecular weight is 292 g/mol. The minimum atomic E-state index is -0.123. The Balaban J connectivity index is 0.00000324. The highest BCUT2D eigenvalue weighted by molar-refractivity contribution is 5.85. The van der Waals surface area contributed by atoms with Crippen LogP contribution in [0.25, 0.3) is 0 Å². The van der Waals surface area contributed by atoms with Crippen LogP contribution in [0, 0.1) is 5.41 Å². The van der Waals surface area contributed by atoms with Gasteiger partial charge in [-0.1, -0.05) is 13.8 Å². The summed E-state index contributed by atoms with van der Waals surface area (Å²) in [4.78, 5) is 14.5. The van der Waals surface area contributed by atoms with Crippen LogP contribution in [0.4, 0.5) is 0 Å². The lowest BCUT2D eigenvalue weighted by atomic mass is 9.90. The molecule has 0 radical (unpaired) electrons. The molecule has 0 spiro atoms. The lowest BCUT2D eigenvalue weighted by Crippen LogP contribution is -2.51. The molecule has 5 heteroatoms. The van der Waals surface area contributed by atoms with E-state index >= 15 is 0 Å². The van der Waals surface area contributed by atoms with Crippen molar-refractivity contribution in [2.75, 3.05) is 19.6 Å². The highest BCUT2D eigenvalue weighted by atomic mass is 35.5. The number of nitrogens with one attached hydrogen (secondary N) is 1. The molecule has 0 aromatic carbocycles. The van der Waals surface area contributed by atoms with E-state index in [1.807, 2.05) is 6.92 Å². The Labute approximate surface area is 123 Å². The number of hydrogen-bond acceptors (Lipinski definition) is 3. The Morgan fingerprint density at radius 2 is 2.11 bits per heavy atom. The van der Waals surface area contributed by atoms with E-state index in [4.69, 9.17) is 5.73 Å². The zero-order chi connectivity index (χ0) is 14.0. The van der Waals surface area contributed by atoms with Crippen LogP contribution in [0.3, 0.4) is 0 Å². The molecule has 1 amide bonds. The van der Waals surface area contributed by atoms with Gasteiger partial charge in [0.25, 0.3) is 0 Å². The number of nitrogens with zero attached hydrogens (tertiary/aromatic N) is 1. The van der Waals surface area contributed by atoms with Gasteiger partial charge in [-0.25, -0.2) is 0 Å². The number of carbonyl (C=O) groups is 1. The van der Waals surface area contributed by atoms with Gasteiger partial charge in [0.15, 0.2) is 0 Å². The summed E-state index contributed by atoms with van der Waals surface area (Å²) in [7, 11) is 0. The lowest BCUT2D eigenvalue weighted by Gasteiger charge is -2.31. The maximum absolute atomic E-state index is 12.2. The molecule has 114 valence electrons. The molecule has 0 aromatic heterocycles. The Morgan fingerprint density at radius 3 is 2.53 bits per heavy atom. The van der Waals surface area contributed by atoms with E-state index in [-0.39, 0.29) is 35.3 Å². The van der Waals surface area contributed by atoms with Crippen LogP contribution in [0.5, 0.6) is 0 Å². The number of halogens is 1. The van der Waals surface area contributed by atoms with Crippen molar-refractivity contribution < 1.29 is 4.79 Å². The van der Waals surface area contributed by atoms with Gasteiger partial charge in [-0.3, -0.25) is 9.69 Å². The molecule has 2 unspecified atom stereocenters. The molecule has 1 saturated heterocycles. The van der Waals surface area contributed by atoms with E-state index in [1.165, 1.54) is 0 Å². The molecule has 4 nitrogen and oxygen atoms in total.